The maximum atomic E-state index is 13.3. The van der Waals surface area contributed by atoms with E-state index in [0.29, 0.717) is 16.1 Å². The van der Waals surface area contributed by atoms with Crippen LogP contribution in [0.25, 0.3) is 16.6 Å². The summed E-state index contributed by atoms with van der Waals surface area (Å²) in [7, 11) is 0. The number of aryl methyl sites for hydroxylation is 1. The summed E-state index contributed by atoms with van der Waals surface area (Å²) in [5.74, 6) is -0.000219. The van der Waals surface area contributed by atoms with E-state index in [1.54, 1.807) is 10.6 Å². The van der Waals surface area contributed by atoms with Gasteiger partial charge in [0.2, 0.25) is 5.91 Å². The van der Waals surface area contributed by atoms with Crippen molar-refractivity contribution in [1.29, 1.82) is 0 Å². The molecule has 5 nitrogen and oxygen atoms in total. The molecule has 1 aliphatic carbocycles. The van der Waals surface area contributed by atoms with Gasteiger partial charge in [-0.2, -0.15) is 0 Å². The van der Waals surface area contributed by atoms with Crippen LogP contribution in [0.15, 0.2) is 58.5 Å². The second kappa shape index (κ2) is 8.41. The molecule has 1 heterocycles. The quantitative estimate of drug-likeness (QED) is 0.508. The Labute approximate surface area is 174 Å². The van der Waals surface area contributed by atoms with E-state index in [-0.39, 0.29) is 22.8 Å². The molecule has 1 fully saturated rings. The van der Waals surface area contributed by atoms with Crippen molar-refractivity contribution >= 4 is 28.6 Å². The van der Waals surface area contributed by atoms with Crippen LogP contribution in [-0.4, -0.2) is 26.8 Å². The summed E-state index contributed by atoms with van der Waals surface area (Å²) in [5, 5.41) is 3.90. The Hall–Kier alpha value is -2.60. The summed E-state index contributed by atoms with van der Waals surface area (Å²) in [5.41, 5.74) is 2.40. The van der Waals surface area contributed by atoms with Gasteiger partial charge in [-0.15, -0.1) is 0 Å². The molecule has 150 valence electrons. The summed E-state index contributed by atoms with van der Waals surface area (Å²) in [6.45, 7) is 3.88. The molecule has 1 aromatic heterocycles. The van der Waals surface area contributed by atoms with E-state index in [1.807, 2.05) is 56.3 Å². The lowest BCUT2D eigenvalue weighted by Crippen LogP contribution is -2.38. The molecule has 29 heavy (non-hydrogen) atoms. The van der Waals surface area contributed by atoms with Gasteiger partial charge >= 0.3 is 0 Å². The Morgan fingerprint density at radius 3 is 2.55 bits per heavy atom. The minimum Gasteiger partial charge on any atom is -0.352 e. The number of para-hydroxylation sites is 1. The smallest absolute Gasteiger partial charge is 0.266 e. The topological polar surface area (TPSA) is 64.0 Å². The molecule has 0 unspecified atom stereocenters. The van der Waals surface area contributed by atoms with Crippen molar-refractivity contribution in [1.82, 2.24) is 14.9 Å². The summed E-state index contributed by atoms with van der Waals surface area (Å²) >= 11 is 1.33. The second-order valence-corrected chi connectivity index (χ2v) is 8.95. The third-order valence-corrected chi connectivity index (χ3v) is 6.44. The van der Waals surface area contributed by atoms with Crippen LogP contribution in [0.4, 0.5) is 0 Å². The molecule has 2 aromatic carbocycles. The van der Waals surface area contributed by atoms with Gasteiger partial charge in [-0.1, -0.05) is 54.4 Å². The first-order valence-corrected chi connectivity index (χ1v) is 11.0. The molecule has 3 aromatic rings. The summed E-state index contributed by atoms with van der Waals surface area (Å²) in [4.78, 5) is 30.7. The van der Waals surface area contributed by atoms with Gasteiger partial charge in [0.05, 0.1) is 21.8 Å². The molecule has 1 N–H and O–H groups in total. The number of carbonyl (C=O) groups excluding carboxylic acids is 1. The van der Waals surface area contributed by atoms with Gasteiger partial charge in [-0.05, 0) is 51.0 Å². The van der Waals surface area contributed by atoms with Gasteiger partial charge < -0.3 is 5.32 Å². The third-order valence-electron chi connectivity index (χ3n) is 5.39. The fourth-order valence-electron chi connectivity index (χ4n) is 3.71. The van der Waals surface area contributed by atoms with E-state index in [0.717, 1.165) is 24.1 Å². The van der Waals surface area contributed by atoms with Crippen LogP contribution in [0.1, 0.15) is 38.2 Å². The lowest BCUT2D eigenvalue weighted by Gasteiger charge is -2.18. The first-order chi connectivity index (χ1) is 14.0. The number of rotatable bonds is 5. The van der Waals surface area contributed by atoms with Gasteiger partial charge in [0.1, 0.15) is 0 Å². The van der Waals surface area contributed by atoms with Gasteiger partial charge in [0.15, 0.2) is 5.16 Å². The highest BCUT2D eigenvalue weighted by molar-refractivity contribution is 8.00. The van der Waals surface area contributed by atoms with E-state index in [9.17, 15) is 9.59 Å². The van der Waals surface area contributed by atoms with Gasteiger partial charge in [0, 0.05) is 6.04 Å². The standard InChI is InChI=1S/C23H25N3O2S/c1-15-11-13-18(14-12-15)26-22(28)19-9-5-6-10-20(19)25-23(26)29-16(2)21(27)24-17-7-3-4-8-17/h5-6,9-14,16-17H,3-4,7-8H2,1-2H3,(H,24,27)/t16-/m1/s1. The molecule has 0 radical (unpaired) electrons. The van der Waals surface area contributed by atoms with E-state index in [4.69, 9.17) is 4.98 Å². The predicted octanol–water partition coefficient (Wildman–Crippen LogP) is 4.23. The monoisotopic (exact) mass is 407 g/mol. The molecule has 0 saturated heterocycles. The molecule has 0 bridgehead atoms. The lowest BCUT2D eigenvalue weighted by atomic mass is 10.2. The van der Waals surface area contributed by atoms with Gasteiger partial charge in [0.25, 0.3) is 5.56 Å². The van der Waals surface area contributed by atoms with Crippen LogP contribution >= 0.6 is 11.8 Å². The molecule has 1 atom stereocenters. The van der Waals surface area contributed by atoms with E-state index >= 15 is 0 Å². The molecular weight excluding hydrogens is 382 g/mol. The molecule has 0 spiro atoms. The normalized spacial score (nSPS) is 15.5. The lowest BCUT2D eigenvalue weighted by molar-refractivity contribution is -0.120. The second-order valence-electron chi connectivity index (χ2n) is 7.64. The van der Waals surface area contributed by atoms with E-state index in [1.165, 1.54) is 24.6 Å². The highest BCUT2D eigenvalue weighted by atomic mass is 32.2. The molecule has 4 rings (SSSR count). The minimum absolute atomic E-state index is 0.000219. The fourth-order valence-corrected chi connectivity index (χ4v) is 4.65. The number of thioether (sulfide) groups is 1. The van der Waals surface area contributed by atoms with Crippen LogP contribution in [-0.2, 0) is 4.79 Å². The fraction of sp³-hybridized carbons (Fsp3) is 0.348. The molecular formula is C23H25N3O2S. The SMILES string of the molecule is Cc1ccc(-n2c(S[C@H](C)C(=O)NC3CCCC3)nc3ccccc3c2=O)cc1. The average Bonchev–Trinajstić information content (AvgIpc) is 3.22. The van der Waals surface area contributed by atoms with Gasteiger partial charge in [-0.3, -0.25) is 14.2 Å². The predicted molar refractivity (Wildman–Crippen MR) is 118 cm³/mol. The number of nitrogens with zero attached hydrogens (tertiary/aromatic N) is 2. The summed E-state index contributed by atoms with van der Waals surface area (Å²) in [6, 6.07) is 15.4. The van der Waals surface area contributed by atoms with Crippen LogP contribution in [0.5, 0.6) is 0 Å². The number of fused-ring (bicyclic) bond motifs is 1. The zero-order valence-electron chi connectivity index (χ0n) is 16.7. The molecule has 1 aliphatic rings. The number of benzene rings is 2. The average molecular weight is 408 g/mol. The van der Waals surface area contributed by atoms with Crippen LogP contribution < -0.4 is 10.9 Å². The van der Waals surface area contributed by atoms with Crippen molar-refractivity contribution in [2.45, 2.75) is 56.0 Å². The van der Waals surface area contributed by atoms with Crippen molar-refractivity contribution in [3.8, 4) is 5.69 Å². The summed E-state index contributed by atoms with van der Waals surface area (Å²) in [6.07, 6.45) is 4.44. The summed E-state index contributed by atoms with van der Waals surface area (Å²) < 4.78 is 1.62. The largest absolute Gasteiger partial charge is 0.352 e. The van der Waals surface area contributed by atoms with Crippen LogP contribution in [0.3, 0.4) is 0 Å². The van der Waals surface area contributed by atoms with Gasteiger partial charge in [-0.25, -0.2) is 4.98 Å². The Morgan fingerprint density at radius 2 is 1.83 bits per heavy atom. The number of nitrogens with one attached hydrogen (secondary N) is 1. The van der Waals surface area contributed by atoms with Crippen molar-refractivity contribution in [2.75, 3.05) is 0 Å². The zero-order valence-corrected chi connectivity index (χ0v) is 17.5. The Bertz CT molecular complexity index is 1090. The van der Waals surface area contributed by atoms with Crippen molar-refractivity contribution in [3.63, 3.8) is 0 Å². The first-order valence-electron chi connectivity index (χ1n) is 10.1. The first kappa shape index (κ1) is 19.7. The molecule has 1 saturated carbocycles. The maximum Gasteiger partial charge on any atom is 0.266 e. The van der Waals surface area contributed by atoms with Crippen molar-refractivity contribution in [2.24, 2.45) is 0 Å². The molecule has 1 amide bonds. The van der Waals surface area contributed by atoms with E-state index < -0.39 is 0 Å². The zero-order chi connectivity index (χ0) is 20.4. The van der Waals surface area contributed by atoms with E-state index in [2.05, 4.69) is 5.32 Å². The molecule has 0 aliphatic heterocycles. The third kappa shape index (κ3) is 4.22. The molecule has 6 heteroatoms. The van der Waals surface area contributed by atoms with Crippen molar-refractivity contribution in [3.05, 3.63) is 64.4 Å². The minimum atomic E-state index is -0.347. The number of hydrogen-bond donors (Lipinski definition) is 1. The van der Waals surface area contributed by atoms with Crippen LogP contribution in [0.2, 0.25) is 0 Å². The number of amides is 1. The van der Waals surface area contributed by atoms with Crippen LogP contribution in [0, 0.1) is 6.92 Å². The maximum absolute atomic E-state index is 13.3. The Balaban J connectivity index is 1.71. The number of hydrogen-bond acceptors (Lipinski definition) is 4. The number of aromatic nitrogens is 2. The Kier molecular flexibility index (Phi) is 5.72. The Morgan fingerprint density at radius 1 is 1.14 bits per heavy atom. The number of carbonyl (C=O) groups is 1. The van der Waals surface area contributed by atoms with Crippen molar-refractivity contribution < 1.29 is 4.79 Å². The highest BCUT2D eigenvalue weighted by Crippen LogP contribution is 2.26. The highest BCUT2D eigenvalue weighted by Gasteiger charge is 2.23.